The molecule has 1 saturated heterocycles. The second-order valence-corrected chi connectivity index (χ2v) is 2.80. The summed E-state index contributed by atoms with van der Waals surface area (Å²) in [7, 11) is 0. The van der Waals surface area contributed by atoms with Gasteiger partial charge in [-0.2, -0.15) is 5.26 Å². The Morgan fingerprint density at radius 1 is 1.62 bits per heavy atom. The van der Waals surface area contributed by atoms with E-state index in [4.69, 9.17) is 19.2 Å². The minimum absolute atomic E-state index is 0.125. The lowest BCUT2D eigenvalue weighted by atomic mass is 10.3. The van der Waals surface area contributed by atoms with Gasteiger partial charge in [0.1, 0.15) is 0 Å². The SMILES string of the molecule is N#CCC1COC(c2ccco2)O1. The van der Waals surface area contributed by atoms with Gasteiger partial charge in [0.15, 0.2) is 5.76 Å². The van der Waals surface area contributed by atoms with Gasteiger partial charge in [-0.1, -0.05) is 0 Å². The quantitative estimate of drug-likeness (QED) is 0.692. The predicted octanol–water partition coefficient (Wildman–Crippen LogP) is 1.61. The van der Waals surface area contributed by atoms with Crippen LogP contribution in [0.5, 0.6) is 0 Å². The van der Waals surface area contributed by atoms with E-state index in [1.54, 1.807) is 18.4 Å². The standard InChI is InChI=1S/C9H9NO3/c10-4-3-7-6-12-9(13-7)8-2-1-5-11-8/h1-2,5,7,9H,3,6H2. The highest BCUT2D eigenvalue weighted by Crippen LogP contribution is 2.27. The summed E-state index contributed by atoms with van der Waals surface area (Å²) in [5.41, 5.74) is 0. The van der Waals surface area contributed by atoms with Crippen LogP contribution in [0.3, 0.4) is 0 Å². The summed E-state index contributed by atoms with van der Waals surface area (Å²) in [6.45, 7) is 0.457. The van der Waals surface area contributed by atoms with Gasteiger partial charge in [-0.05, 0) is 12.1 Å². The Hall–Kier alpha value is -1.31. The molecule has 4 nitrogen and oxygen atoms in total. The van der Waals surface area contributed by atoms with Crippen LogP contribution in [-0.4, -0.2) is 12.7 Å². The molecule has 0 aromatic carbocycles. The Morgan fingerprint density at radius 3 is 3.23 bits per heavy atom. The molecular weight excluding hydrogens is 170 g/mol. The van der Waals surface area contributed by atoms with Gasteiger partial charge in [-0.15, -0.1) is 0 Å². The summed E-state index contributed by atoms with van der Waals surface area (Å²) in [5, 5.41) is 8.43. The number of ether oxygens (including phenoxy) is 2. The van der Waals surface area contributed by atoms with Crippen LogP contribution in [0, 0.1) is 11.3 Å². The third kappa shape index (κ3) is 1.72. The molecule has 13 heavy (non-hydrogen) atoms. The number of hydrogen-bond acceptors (Lipinski definition) is 4. The van der Waals surface area contributed by atoms with Crippen LogP contribution in [0.4, 0.5) is 0 Å². The van der Waals surface area contributed by atoms with E-state index >= 15 is 0 Å². The van der Waals surface area contributed by atoms with E-state index < -0.39 is 6.29 Å². The molecule has 0 aliphatic carbocycles. The maximum Gasteiger partial charge on any atom is 0.217 e. The van der Waals surface area contributed by atoms with Gasteiger partial charge in [-0.25, -0.2) is 0 Å². The Balaban J connectivity index is 1.96. The first kappa shape index (κ1) is 8.30. The molecule has 1 aromatic rings. The molecule has 0 N–H and O–H groups in total. The van der Waals surface area contributed by atoms with E-state index in [0.717, 1.165) is 0 Å². The third-order valence-corrected chi connectivity index (χ3v) is 1.84. The largest absolute Gasteiger partial charge is 0.464 e. The average Bonchev–Trinajstić information content (AvgIpc) is 2.70. The summed E-state index contributed by atoms with van der Waals surface area (Å²) in [6, 6.07) is 5.61. The highest BCUT2D eigenvalue weighted by Gasteiger charge is 2.28. The maximum atomic E-state index is 8.43. The lowest BCUT2D eigenvalue weighted by Crippen LogP contribution is -2.07. The Morgan fingerprint density at radius 2 is 2.54 bits per heavy atom. The van der Waals surface area contributed by atoms with Gasteiger partial charge < -0.3 is 13.9 Å². The van der Waals surface area contributed by atoms with Crippen LogP contribution in [0.15, 0.2) is 22.8 Å². The van der Waals surface area contributed by atoms with Crippen LogP contribution in [0.2, 0.25) is 0 Å². The first-order valence-corrected chi connectivity index (χ1v) is 4.07. The molecule has 4 heteroatoms. The first-order chi connectivity index (χ1) is 6.40. The van der Waals surface area contributed by atoms with Crippen molar-refractivity contribution in [1.29, 1.82) is 5.26 Å². The van der Waals surface area contributed by atoms with E-state index in [-0.39, 0.29) is 6.10 Å². The number of hydrogen-bond donors (Lipinski definition) is 0. The molecule has 0 radical (unpaired) electrons. The van der Waals surface area contributed by atoms with Crippen LogP contribution < -0.4 is 0 Å². The fraction of sp³-hybridized carbons (Fsp3) is 0.444. The molecule has 2 unspecified atom stereocenters. The fourth-order valence-electron chi connectivity index (χ4n) is 1.23. The molecule has 1 aliphatic heterocycles. The molecular formula is C9H9NO3. The Bertz CT molecular complexity index is 301. The Labute approximate surface area is 75.7 Å². The van der Waals surface area contributed by atoms with Crippen LogP contribution in [0.1, 0.15) is 18.5 Å². The Kier molecular flexibility index (Phi) is 2.30. The van der Waals surface area contributed by atoms with Gasteiger partial charge >= 0.3 is 0 Å². The summed E-state index contributed by atoms with van der Waals surface area (Å²) in [6.07, 6.45) is 1.37. The van der Waals surface area contributed by atoms with E-state index in [2.05, 4.69) is 0 Å². The van der Waals surface area contributed by atoms with Gasteiger partial charge in [0, 0.05) is 0 Å². The molecule has 2 heterocycles. The number of nitriles is 1. The molecule has 0 amide bonds. The molecule has 0 bridgehead atoms. The van der Waals surface area contributed by atoms with Crippen molar-refractivity contribution in [3.05, 3.63) is 24.2 Å². The van der Waals surface area contributed by atoms with Crippen molar-refractivity contribution >= 4 is 0 Å². The zero-order valence-corrected chi connectivity index (χ0v) is 6.97. The zero-order chi connectivity index (χ0) is 9.10. The monoisotopic (exact) mass is 179 g/mol. The highest BCUT2D eigenvalue weighted by molar-refractivity contribution is 5.01. The zero-order valence-electron chi connectivity index (χ0n) is 6.97. The fourth-order valence-corrected chi connectivity index (χ4v) is 1.23. The van der Waals surface area contributed by atoms with E-state index in [0.29, 0.717) is 18.8 Å². The van der Waals surface area contributed by atoms with Gasteiger partial charge in [0.05, 0.1) is 31.5 Å². The van der Waals surface area contributed by atoms with Crippen molar-refractivity contribution < 1.29 is 13.9 Å². The molecule has 0 spiro atoms. The van der Waals surface area contributed by atoms with Crippen LogP contribution in [0.25, 0.3) is 0 Å². The lowest BCUT2D eigenvalue weighted by Gasteiger charge is -2.05. The minimum Gasteiger partial charge on any atom is -0.464 e. The minimum atomic E-state index is -0.437. The van der Waals surface area contributed by atoms with E-state index in [1.807, 2.05) is 6.07 Å². The molecule has 1 aromatic heterocycles. The van der Waals surface area contributed by atoms with Crippen molar-refractivity contribution in [2.45, 2.75) is 18.8 Å². The average molecular weight is 179 g/mol. The van der Waals surface area contributed by atoms with Gasteiger partial charge in [0.25, 0.3) is 0 Å². The van der Waals surface area contributed by atoms with Crippen molar-refractivity contribution in [3.63, 3.8) is 0 Å². The third-order valence-electron chi connectivity index (χ3n) is 1.84. The van der Waals surface area contributed by atoms with Crippen molar-refractivity contribution in [2.24, 2.45) is 0 Å². The molecule has 2 atom stereocenters. The summed E-state index contributed by atoms with van der Waals surface area (Å²) in [5.74, 6) is 0.653. The summed E-state index contributed by atoms with van der Waals surface area (Å²) < 4.78 is 15.8. The molecule has 0 saturated carbocycles. The highest BCUT2D eigenvalue weighted by atomic mass is 16.7. The van der Waals surface area contributed by atoms with Crippen molar-refractivity contribution in [2.75, 3.05) is 6.61 Å². The van der Waals surface area contributed by atoms with Gasteiger partial charge in [-0.3, -0.25) is 0 Å². The summed E-state index contributed by atoms with van der Waals surface area (Å²) >= 11 is 0. The lowest BCUT2D eigenvalue weighted by molar-refractivity contribution is -0.0729. The van der Waals surface area contributed by atoms with Crippen molar-refractivity contribution in [3.8, 4) is 6.07 Å². The molecule has 68 valence electrons. The molecule has 2 rings (SSSR count). The normalized spacial score (nSPS) is 27.3. The summed E-state index contributed by atoms with van der Waals surface area (Å²) in [4.78, 5) is 0. The first-order valence-electron chi connectivity index (χ1n) is 4.07. The predicted molar refractivity (Wildman–Crippen MR) is 42.5 cm³/mol. The maximum absolute atomic E-state index is 8.43. The second-order valence-electron chi connectivity index (χ2n) is 2.80. The van der Waals surface area contributed by atoms with Crippen molar-refractivity contribution in [1.82, 2.24) is 0 Å². The van der Waals surface area contributed by atoms with Gasteiger partial charge in [0.2, 0.25) is 6.29 Å². The molecule has 1 aliphatic rings. The topological polar surface area (TPSA) is 55.4 Å². The van der Waals surface area contributed by atoms with Crippen LogP contribution >= 0.6 is 0 Å². The second kappa shape index (κ2) is 3.60. The van der Waals surface area contributed by atoms with Crippen LogP contribution in [-0.2, 0) is 9.47 Å². The number of nitrogens with zero attached hydrogens (tertiary/aromatic N) is 1. The smallest absolute Gasteiger partial charge is 0.217 e. The number of furan rings is 1. The molecule has 1 fully saturated rings. The van der Waals surface area contributed by atoms with E-state index in [9.17, 15) is 0 Å². The number of rotatable bonds is 2. The van der Waals surface area contributed by atoms with E-state index in [1.165, 1.54) is 0 Å².